The summed E-state index contributed by atoms with van der Waals surface area (Å²) in [5, 5.41) is 6.87. The maximum absolute atomic E-state index is 12.3. The summed E-state index contributed by atoms with van der Waals surface area (Å²) in [5.74, 6) is 0.169. The highest BCUT2D eigenvalue weighted by atomic mass is 16.5. The van der Waals surface area contributed by atoms with Crippen LogP contribution in [-0.2, 0) is 0 Å². The van der Waals surface area contributed by atoms with E-state index in [2.05, 4.69) is 37.4 Å². The van der Waals surface area contributed by atoms with Crippen LogP contribution >= 0.6 is 0 Å². The van der Waals surface area contributed by atoms with Crippen molar-refractivity contribution in [1.29, 1.82) is 0 Å². The lowest BCUT2D eigenvalue weighted by Gasteiger charge is -2.19. The van der Waals surface area contributed by atoms with Crippen molar-refractivity contribution in [3.05, 3.63) is 30.2 Å². The Kier molecular flexibility index (Phi) is 6.21. The van der Waals surface area contributed by atoms with Gasteiger partial charge in [-0.3, -0.25) is 4.79 Å². The lowest BCUT2D eigenvalue weighted by atomic mass is 10.2. The van der Waals surface area contributed by atoms with Crippen molar-refractivity contribution in [2.24, 2.45) is 0 Å². The zero-order chi connectivity index (χ0) is 19.2. The molecule has 2 aromatic rings. The fourth-order valence-electron chi connectivity index (χ4n) is 3.99. The summed E-state index contributed by atoms with van der Waals surface area (Å²) >= 11 is 0. The van der Waals surface area contributed by atoms with Gasteiger partial charge in [0.1, 0.15) is 0 Å². The van der Waals surface area contributed by atoms with E-state index in [0.29, 0.717) is 12.4 Å². The summed E-state index contributed by atoms with van der Waals surface area (Å²) in [4.78, 5) is 21.4. The van der Waals surface area contributed by atoms with Gasteiger partial charge in [-0.25, -0.2) is 0 Å². The second-order valence-electron chi connectivity index (χ2n) is 7.68. The summed E-state index contributed by atoms with van der Waals surface area (Å²) in [5.41, 5.74) is 2.08. The van der Waals surface area contributed by atoms with E-state index >= 15 is 0 Å². The summed E-state index contributed by atoms with van der Waals surface area (Å²) in [6.45, 7) is 5.93. The molecule has 0 spiro atoms. The predicted molar refractivity (Wildman–Crippen MR) is 108 cm³/mol. The van der Waals surface area contributed by atoms with E-state index in [9.17, 15) is 4.79 Å². The number of nitrogens with one attached hydrogen (secondary N) is 1. The molecule has 28 heavy (non-hydrogen) atoms. The number of benzene rings is 1. The van der Waals surface area contributed by atoms with E-state index in [-0.39, 0.29) is 11.8 Å². The maximum atomic E-state index is 12.3. The molecule has 3 heterocycles. The van der Waals surface area contributed by atoms with Crippen molar-refractivity contribution in [1.82, 2.24) is 20.4 Å². The molecular formula is C21H29N5O2. The molecule has 0 unspecified atom stereocenters. The second kappa shape index (κ2) is 9.19. The van der Waals surface area contributed by atoms with Crippen molar-refractivity contribution >= 4 is 11.6 Å². The number of aromatic nitrogens is 2. The Morgan fingerprint density at radius 2 is 1.64 bits per heavy atom. The monoisotopic (exact) mass is 383 g/mol. The molecule has 2 saturated heterocycles. The van der Waals surface area contributed by atoms with E-state index in [4.69, 9.17) is 4.52 Å². The van der Waals surface area contributed by atoms with Crippen LogP contribution in [-0.4, -0.2) is 60.2 Å². The summed E-state index contributed by atoms with van der Waals surface area (Å²) < 4.78 is 5.18. The minimum atomic E-state index is -0.303. The molecule has 1 aromatic carbocycles. The Balaban J connectivity index is 1.30. The Morgan fingerprint density at radius 1 is 0.964 bits per heavy atom. The van der Waals surface area contributed by atoms with Gasteiger partial charge in [0, 0.05) is 37.4 Å². The molecule has 0 bridgehead atoms. The van der Waals surface area contributed by atoms with E-state index in [1.165, 1.54) is 44.2 Å². The molecule has 0 aliphatic carbocycles. The molecule has 2 aliphatic heterocycles. The van der Waals surface area contributed by atoms with Crippen molar-refractivity contribution in [3.8, 4) is 11.4 Å². The van der Waals surface area contributed by atoms with Crippen LogP contribution in [0, 0.1) is 0 Å². The Labute approximate surface area is 166 Å². The van der Waals surface area contributed by atoms with Crippen LogP contribution < -0.4 is 10.2 Å². The molecule has 2 fully saturated rings. The number of carbonyl (C=O) groups is 1. The fourth-order valence-corrected chi connectivity index (χ4v) is 3.99. The van der Waals surface area contributed by atoms with Gasteiger partial charge in [-0.1, -0.05) is 18.0 Å². The van der Waals surface area contributed by atoms with Crippen molar-refractivity contribution in [3.63, 3.8) is 0 Å². The first-order chi connectivity index (χ1) is 13.8. The van der Waals surface area contributed by atoms with Crippen molar-refractivity contribution < 1.29 is 9.32 Å². The highest BCUT2D eigenvalue weighted by molar-refractivity contribution is 5.89. The lowest BCUT2D eigenvalue weighted by molar-refractivity contribution is 0.0904. The first kappa shape index (κ1) is 18.9. The van der Waals surface area contributed by atoms with Crippen LogP contribution in [0.1, 0.15) is 49.2 Å². The van der Waals surface area contributed by atoms with E-state index in [1.54, 1.807) is 0 Å². The third-order valence-corrected chi connectivity index (χ3v) is 5.63. The molecule has 2 aliphatic rings. The Bertz CT molecular complexity index is 759. The van der Waals surface area contributed by atoms with Crippen LogP contribution in [0.3, 0.4) is 0 Å². The molecule has 1 aromatic heterocycles. The van der Waals surface area contributed by atoms with Crippen molar-refractivity contribution in [2.45, 2.75) is 38.5 Å². The molecule has 150 valence electrons. The number of rotatable bonds is 6. The number of nitrogens with zero attached hydrogens (tertiary/aromatic N) is 4. The fraction of sp³-hybridized carbons (Fsp3) is 0.571. The van der Waals surface area contributed by atoms with Crippen LogP contribution in [0.4, 0.5) is 5.69 Å². The Hall–Kier alpha value is -2.41. The van der Waals surface area contributed by atoms with Gasteiger partial charge in [0.25, 0.3) is 0 Å². The number of anilines is 1. The third kappa shape index (κ3) is 4.70. The van der Waals surface area contributed by atoms with Gasteiger partial charge in [0.05, 0.1) is 0 Å². The van der Waals surface area contributed by atoms with Gasteiger partial charge in [0.15, 0.2) is 0 Å². The maximum Gasteiger partial charge on any atom is 0.316 e. The average Bonchev–Trinajstić information content (AvgIpc) is 3.37. The summed E-state index contributed by atoms with van der Waals surface area (Å²) in [6.07, 6.45) is 7.62. The van der Waals surface area contributed by atoms with Gasteiger partial charge in [-0.15, -0.1) is 0 Å². The molecule has 4 rings (SSSR count). The van der Waals surface area contributed by atoms with Crippen LogP contribution in [0.15, 0.2) is 28.8 Å². The molecule has 0 radical (unpaired) electrons. The Morgan fingerprint density at radius 3 is 2.36 bits per heavy atom. The standard InChI is InChI=1S/C21H29N5O2/c27-20(22-11-16-25-12-3-1-2-4-13-25)21-23-19(24-28-21)17-7-9-18(10-8-17)26-14-5-6-15-26/h7-10H,1-6,11-16H2,(H,22,27). The zero-order valence-electron chi connectivity index (χ0n) is 16.4. The minimum Gasteiger partial charge on any atom is -0.372 e. The minimum absolute atomic E-state index is 0.0227. The number of carbonyl (C=O) groups excluding carboxylic acids is 1. The normalized spacial score (nSPS) is 18.2. The average molecular weight is 383 g/mol. The number of hydrogen-bond donors (Lipinski definition) is 1. The van der Waals surface area contributed by atoms with Crippen molar-refractivity contribution in [2.75, 3.05) is 44.2 Å². The van der Waals surface area contributed by atoms with Gasteiger partial charge < -0.3 is 19.6 Å². The van der Waals surface area contributed by atoms with Gasteiger partial charge in [-0.2, -0.15) is 4.98 Å². The quantitative estimate of drug-likeness (QED) is 0.827. The molecule has 1 N–H and O–H groups in total. The highest BCUT2D eigenvalue weighted by Gasteiger charge is 2.17. The highest BCUT2D eigenvalue weighted by Crippen LogP contribution is 2.24. The molecule has 7 heteroatoms. The van der Waals surface area contributed by atoms with Crippen LogP contribution in [0.2, 0.25) is 0 Å². The second-order valence-corrected chi connectivity index (χ2v) is 7.68. The van der Waals surface area contributed by atoms with E-state index in [0.717, 1.165) is 38.3 Å². The number of amides is 1. The largest absolute Gasteiger partial charge is 0.372 e. The zero-order valence-corrected chi connectivity index (χ0v) is 16.4. The van der Waals surface area contributed by atoms with Gasteiger partial charge >= 0.3 is 11.8 Å². The van der Waals surface area contributed by atoms with E-state index in [1.807, 2.05) is 12.1 Å². The van der Waals surface area contributed by atoms with Gasteiger partial charge in [0.2, 0.25) is 5.82 Å². The topological polar surface area (TPSA) is 74.5 Å². The summed E-state index contributed by atoms with van der Waals surface area (Å²) in [7, 11) is 0. The SMILES string of the molecule is O=C(NCCN1CCCCCC1)c1nc(-c2ccc(N3CCCC3)cc2)no1. The molecule has 1 amide bonds. The first-order valence-corrected chi connectivity index (χ1v) is 10.5. The molecular weight excluding hydrogens is 354 g/mol. The van der Waals surface area contributed by atoms with Crippen LogP contribution in [0.5, 0.6) is 0 Å². The lowest BCUT2D eigenvalue weighted by Crippen LogP contribution is -2.35. The predicted octanol–water partition coefficient (Wildman–Crippen LogP) is 2.94. The summed E-state index contributed by atoms with van der Waals surface area (Å²) in [6, 6.07) is 8.13. The molecule has 7 nitrogen and oxygen atoms in total. The number of likely N-dealkylation sites (tertiary alicyclic amines) is 1. The third-order valence-electron chi connectivity index (χ3n) is 5.63. The van der Waals surface area contributed by atoms with E-state index < -0.39 is 0 Å². The van der Waals surface area contributed by atoms with Gasteiger partial charge in [-0.05, 0) is 63.0 Å². The molecule has 0 atom stereocenters. The van der Waals surface area contributed by atoms with Crippen LogP contribution in [0.25, 0.3) is 11.4 Å². The molecule has 0 saturated carbocycles. The first-order valence-electron chi connectivity index (χ1n) is 10.5. The number of hydrogen-bond acceptors (Lipinski definition) is 6. The smallest absolute Gasteiger partial charge is 0.316 e.